The topological polar surface area (TPSA) is 58.6 Å². The summed E-state index contributed by atoms with van der Waals surface area (Å²) in [6, 6.07) is 10.1. The normalized spacial score (nSPS) is 12.4. The van der Waals surface area contributed by atoms with Crippen LogP contribution in [0.25, 0.3) is 10.9 Å². The highest BCUT2D eigenvalue weighted by Gasteiger charge is 2.12. The Bertz CT molecular complexity index is 883. The summed E-state index contributed by atoms with van der Waals surface area (Å²) in [6.07, 6.45) is 3.20. The molecule has 1 atom stereocenters. The number of nitrogens with one attached hydrogen (secondary N) is 1. The lowest BCUT2D eigenvalue weighted by molar-refractivity contribution is 0.967. The summed E-state index contributed by atoms with van der Waals surface area (Å²) >= 11 is 9.35. The lowest BCUT2D eigenvalue weighted by Crippen LogP contribution is -2.12. The predicted molar refractivity (Wildman–Crippen MR) is 102 cm³/mol. The van der Waals surface area contributed by atoms with E-state index in [2.05, 4.69) is 46.1 Å². The van der Waals surface area contributed by atoms with Crippen molar-refractivity contribution in [2.24, 2.45) is 0 Å². The predicted octanol–water partition coefficient (Wildman–Crippen LogP) is 4.12. The van der Waals surface area contributed by atoms with Crippen molar-refractivity contribution in [3.8, 4) is 0 Å². The zero-order valence-electron chi connectivity index (χ0n) is 13.0. The van der Waals surface area contributed by atoms with Crippen molar-refractivity contribution in [1.82, 2.24) is 15.0 Å². The van der Waals surface area contributed by atoms with Gasteiger partial charge in [-0.2, -0.15) is 0 Å². The van der Waals surface area contributed by atoms with Gasteiger partial charge in [0.2, 0.25) is 0 Å². The largest absolute Gasteiger partial charge is 0.301 e. The minimum atomic E-state index is -0.140. The van der Waals surface area contributed by atoms with Gasteiger partial charge in [0.15, 0.2) is 5.16 Å². The van der Waals surface area contributed by atoms with E-state index in [0.29, 0.717) is 21.9 Å². The van der Waals surface area contributed by atoms with Crippen LogP contribution in [0.2, 0.25) is 0 Å². The molecule has 124 valence electrons. The Kier molecular flexibility index (Phi) is 5.81. The van der Waals surface area contributed by atoms with E-state index in [0.717, 1.165) is 5.75 Å². The van der Waals surface area contributed by atoms with Gasteiger partial charge in [-0.3, -0.25) is 9.78 Å². The van der Waals surface area contributed by atoms with Gasteiger partial charge in [-0.1, -0.05) is 29.5 Å². The van der Waals surface area contributed by atoms with Crippen LogP contribution in [0.1, 0.15) is 5.56 Å². The van der Waals surface area contributed by atoms with Gasteiger partial charge in [-0.15, -0.1) is 23.4 Å². The highest BCUT2D eigenvalue weighted by atomic mass is 35.5. The average Bonchev–Trinajstić information content (AvgIpc) is 2.60. The Morgan fingerprint density at radius 3 is 2.79 bits per heavy atom. The molecule has 0 aliphatic rings. The number of pyridine rings is 1. The molecule has 0 fully saturated rings. The molecule has 0 aliphatic heterocycles. The minimum absolute atomic E-state index is 0.140. The molecule has 3 aromatic rings. The van der Waals surface area contributed by atoms with E-state index < -0.39 is 0 Å². The van der Waals surface area contributed by atoms with E-state index >= 15 is 0 Å². The molecule has 1 aromatic carbocycles. The summed E-state index contributed by atoms with van der Waals surface area (Å²) in [5, 5.41) is 1.38. The van der Waals surface area contributed by atoms with Crippen molar-refractivity contribution in [3.05, 3.63) is 58.6 Å². The van der Waals surface area contributed by atoms with Gasteiger partial charge >= 0.3 is 0 Å². The van der Waals surface area contributed by atoms with Crippen LogP contribution in [0.5, 0.6) is 0 Å². The molecular formula is C17H16ClN3OS2. The van der Waals surface area contributed by atoms with E-state index in [1.807, 2.05) is 0 Å². The van der Waals surface area contributed by atoms with E-state index in [1.165, 1.54) is 22.2 Å². The van der Waals surface area contributed by atoms with Gasteiger partial charge in [0.1, 0.15) is 0 Å². The Morgan fingerprint density at radius 1 is 1.25 bits per heavy atom. The third kappa shape index (κ3) is 4.32. The molecule has 7 heteroatoms. The molecule has 0 spiro atoms. The van der Waals surface area contributed by atoms with Crippen molar-refractivity contribution in [3.63, 3.8) is 0 Å². The number of H-pyrrole nitrogens is 1. The third-order valence-electron chi connectivity index (χ3n) is 3.39. The fraction of sp³-hybridized carbons (Fsp3) is 0.235. The molecule has 0 aliphatic carbocycles. The second kappa shape index (κ2) is 8.05. The molecule has 3 rings (SSSR count). The van der Waals surface area contributed by atoms with Crippen molar-refractivity contribution >= 4 is 46.0 Å². The number of alkyl halides is 1. The van der Waals surface area contributed by atoms with Crippen molar-refractivity contribution in [1.29, 1.82) is 0 Å². The molecule has 1 unspecified atom stereocenters. The molecule has 24 heavy (non-hydrogen) atoms. The van der Waals surface area contributed by atoms with Crippen LogP contribution in [0, 0.1) is 6.92 Å². The molecule has 0 bridgehead atoms. The van der Waals surface area contributed by atoms with Gasteiger partial charge < -0.3 is 4.98 Å². The second-order valence-electron chi connectivity index (χ2n) is 5.28. The summed E-state index contributed by atoms with van der Waals surface area (Å²) in [6.45, 7) is 2.07. The number of benzene rings is 1. The SMILES string of the molecule is Cc1ccc(SC(CCl)CSc2nc3cnccc3c(=O)[nH]2)cc1. The maximum atomic E-state index is 12.1. The molecule has 1 N–H and O–H groups in total. The van der Waals surface area contributed by atoms with E-state index in [-0.39, 0.29) is 10.8 Å². The van der Waals surface area contributed by atoms with E-state index in [9.17, 15) is 4.79 Å². The monoisotopic (exact) mass is 377 g/mol. The van der Waals surface area contributed by atoms with Gasteiger partial charge in [0.25, 0.3) is 5.56 Å². The summed E-state index contributed by atoms with van der Waals surface area (Å²) in [7, 11) is 0. The first-order valence-electron chi connectivity index (χ1n) is 7.42. The maximum Gasteiger partial charge on any atom is 0.259 e. The highest BCUT2D eigenvalue weighted by molar-refractivity contribution is 8.03. The fourth-order valence-corrected chi connectivity index (χ4v) is 4.56. The van der Waals surface area contributed by atoms with Gasteiger partial charge in [0.05, 0.1) is 17.1 Å². The number of fused-ring (bicyclic) bond motifs is 1. The zero-order valence-corrected chi connectivity index (χ0v) is 15.4. The number of halogens is 1. The molecule has 0 radical (unpaired) electrons. The van der Waals surface area contributed by atoms with Crippen LogP contribution in [-0.4, -0.2) is 31.8 Å². The Balaban J connectivity index is 1.69. The smallest absolute Gasteiger partial charge is 0.259 e. The molecule has 4 nitrogen and oxygen atoms in total. The number of hydrogen-bond acceptors (Lipinski definition) is 5. The molecule has 0 saturated carbocycles. The van der Waals surface area contributed by atoms with E-state index in [1.54, 1.807) is 30.2 Å². The quantitative estimate of drug-likeness (QED) is 0.398. The van der Waals surface area contributed by atoms with Gasteiger partial charge in [0, 0.05) is 28.0 Å². The fourth-order valence-electron chi connectivity index (χ4n) is 2.13. The lowest BCUT2D eigenvalue weighted by atomic mass is 10.2. The van der Waals surface area contributed by atoms with Crippen LogP contribution in [0.4, 0.5) is 0 Å². The standard InChI is InChI=1S/C17H16ClN3OS2/c1-11-2-4-12(5-3-11)24-13(8-18)10-23-17-20-15-9-19-7-6-14(15)16(22)21-17/h2-7,9,13H,8,10H2,1H3,(H,20,21,22). The van der Waals surface area contributed by atoms with Crippen molar-refractivity contribution in [2.45, 2.75) is 22.2 Å². The maximum absolute atomic E-state index is 12.1. The van der Waals surface area contributed by atoms with Crippen LogP contribution in [0.3, 0.4) is 0 Å². The Hall–Kier alpha value is -1.50. The number of aromatic amines is 1. The number of hydrogen-bond donors (Lipinski definition) is 1. The van der Waals surface area contributed by atoms with Crippen LogP contribution in [0.15, 0.2) is 57.6 Å². The summed E-state index contributed by atoms with van der Waals surface area (Å²) in [5.41, 5.74) is 1.71. The Labute approximate surface area is 153 Å². The van der Waals surface area contributed by atoms with Crippen molar-refractivity contribution in [2.75, 3.05) is 11.6 Å². The first-order valence-corrected chi connectivity index (χ1v) is 9.82. The highest BCUT2D eigenvalue weighted by Crippen LogP contribution is 2.28. The second-order valence-corrected chi connectivity index (χ2v) is 7.97. The molecule has 0 saturated heterocycles. The first-order chi connectivity index (χ1) is 11.7. The van der Waals surface area contributed by atoms with Gasteiger partial charge in [-0.25, -0.2) is 4.98 Å². The number of nitrogens with zero attached hydrogens (tertiary/aromatic N) is 2. The van der Waals surface area contributed by atoms with Crippen LogP contribution in [-0.2, 0) is 0 Å². The lowest BCUT2D eigenvalue weighted by Gasteiger charge is -2.13. The molecule has 0 amide bonds. The summed E-state index contributed by atoms with van der Waals surface area (Å²) in [5.74, 6) is 1.29. The van der Waals surface area contributed by atoms with E-state index in [4.69, 9.17) is 11.6 Å². The molecule has 2 aromatic heterocycles. The van der Waals surface area contributed by atoms with Gasteiger partial charge in [-0.05, 0) is 25.1 Å². The third-order valence-corrected chi connectivity index (χ3v) is 6.40. The van der Waals surface area contributed by atoms with Crippen molar-refractivity contribution < 1.29 is 0 Å². The number of aryl methyl sites for hydroxylation is 1. The Morgan fingerprint density at radius 2 is 2.04 bits per heavy atom. The molecular weight excluding hydrogens is 362 g/mol. The van der Waals surface area contributed by atoms with Crippen LogP contribution >= 0.6 is 35.1 Å². The average molecular weight is 378 g/mol. The number of thioether (sulfide) groups is 2. The zero-order chi connectivity index (χ0) is 16.9. The number of aromatic nitrogens is 3. The first kappa shape index (κ1) is 17.3. The minimum Gasteiger partial charge on any atom is -0.301 e. The molecule has 2 heterocycles. The van der Waals surface area contributed by atoms with Crippen LogP contribution < -0.4 is 5.56 Å². The summed E-state index contributed by atoms with van der Waals surface area (Å²) in [4.78, 5) is 24.5. The number of rotatable bonds is 6. The summed E-state index contributed by atoms with van der Waals surface area (Å²) < 4.78 is 0.